The Kier molecular flexibility index (Phi) is 6.07. The summed E-state index contributed by atoms with van der Waals surface area (Å²) in [6.07, 6.45) is 2.91. The third kappa shape index (κ3) is 5.20. The lowest BCUT2D eigenvalue weighted by Gasteiger charge is -2.16. The van der Waals surface area contributed by atoms with Crippen LogP contribution in [0.4, 0.5) is 15.8 Å². The molecule has 0 aliphatic carbocycles. The number of likely N-dealkylation sites (N-methyl/N-ethyl adjacent to an activating group) is 1. The first kappa shape index (κ1) is 18.2. The van der Waals surface area contributed by atoms with Crippen LogP contribution < -0.4 is 15.4 Å². The summed E-state index contributed by atoms with van der Waals surface area (Å²) in [5, 5.41) is 5.99. The van der Waals surface area contributed by atoms with Crippen LogP contribution >= 0.6 is 0 Å². The third-order valence-electron chi connectivity index (χ3n) is 4.34. The number of carbonyl (C=O) groups is 1. The van der Waals surface area contributed by atoms with E-state index in [1.165, 1.54) is 12.1 Å². The summed E-state index contributed by atoms with van der Waals surface area (Å²) in [4.78, 5) is 14.2. The quantitative estimate of drug-likeness (QED) is 0.710. The summed E-state index contributed by atoms with van der Waals surface area (Å²) in [5.41, 5.74) is 2.82. The minimum Gasteiger partial charge on any atom is -0.471 e. The molecule has 1 aliphatic heterocycles. The van der Waals surface area contributed by atoms with Crippen molar-refractivity contribution in [2.45, 2.75) is 19.3 Å². The highest BCUT2D eigenvalue weighted by atomic mass is 19.1. The molecule has 0 radical (unpaired) electrons. The van der Waals surface area contributed by atoms with Gasteiger partial charge in [0.2, 0.25) is 5.91 Å². The second-order valence-electron chi connectivity index (χ2n) is 6.55. The molecule has 0 saturated heterocycles. The first-order valence-electron chi connectivity index (χ1n) is 8.84. The van der Waals surface area contributed by atoms with Crippen LogP contribution in [0.15, 0.2) is 42.5 Å². The molecule has 0 bridgehead atoms. The van der Waals surface area contributed by atoms with Gasteiger partial charge in [-0.05, 0) is 62.7 Å². The van der Waals surface area contributed by atoms with Crippen LogP contribution in [0.2, 0.25) is 0 Å². The van der Waals surface area contributed by atoms with E-state index in [1.807, 2.05) is 42.3 Å². The summed E-state index contributed by atoms with van der Waals surface area (Å²) in [6.45, 7) is 1.64. The summed E-state index contributed by atoms with van der Waals surface area (Å²) in [7, 11) is 1.94. The molecular weight excluding hydrogens is 333 g/mol. The first-order valence-corrected chi connectivity index (χ1v) is 8.84. The number of rotatable bonds is 8. The maximum absolute atomic E-state index is 12.9. The fourth-order valence-electron chi connectivity index (χ4n) is 2.94. The molecule has 2 aromatic carbocycles. The lowest BCUT2D eigenvalue weighted by atomic mass is 10.1. The molecule has 0 saturated carbocycles. The van der Waals surface area contributed by atoms with Gasteiger partial charge in [-0.2, -0.15) is 0 Å². The zero-order chi connectivity index (χ0) is 18.4. The Bertz CT molecular complexity index is 749. The molecule has 26 heavy (non-hydrogen) atoms. The molecular formula is C20H24FN3O2. The zero-order valence-electron chi connectivity index (χ0n) is 14.9. The molecule has 1 amide bonds. The molecule has 5 nitrogen and oxygen atoms in total. The van der Waals surface area contributed by atoms with E-state index in [0.717, 1.165) is 48.5 Å². The molecule has 1 aliphatic rings. The van der Waals surface area contributed by atoms with Crippen molar-refractivity contribution in [2.75, 3.05) is 37.5 Å². The summed E-state index contributed by atoms with van der Waals surface area (Å²) in [5.74, 6) is 0.514. The Labute approximate surface area is 153 Å². The Morgan fingerprint density at radius 3 is 2.85 bits per heavy atom. The summed E-state index contributed by atoms with van der Waals surface area (Å²) < 4.78 is 18.3. The molecule has 0 unspecified atom stereocenters. The van der Waals surface area contributed by atoms with Crippen LogP contribution in [0, 0.1) is 5.82 Å². The van der Waals surface area contributed by atoms with Crippen molar-refractivity contribution in [3.8, 4) is 5.75 Å². The van der Waals surface area contributed by atoms with Gasteiger partial charge in [0.05, 0.1) is 12.2 Å². The van der Waals surface area contributed by atoms with E-state index in [-0.39, 0.29) is 11.7 Å². The molecule has 6 heteroatoms. The van der Waals surface area contributed by atoms with Crippen LogP contribution in [0.5, 0.6) is 5.75 Å². The minimum atomic E-state index is -0.203. The van der Waals surface area contributed by atoms with Gasteiger partial charge < -0.3 is 15.4 Å². The Balaban J connectivity index is 1.35. The number of hydrogen-bond acceptors (Lipinski definition) is 4. The van der Waals surface area contributed by atoms with E-state index in [0.29, 0.717) is 13.3 Å². The largest absolute Gasteiger partial charge is 0.471 e. The van der Waals surface area contributed by atoms with E-state index >= 15 is 0 Å². The minimum absolute atomic E-state index is 0.0445. The van der Waals surface area contributed by atoms with Gasteiger partial charge in [0, 0.05) is 11.8 Å². The summed E-state index contributed by atoms with van der Waals surface area (Å²) >= 11 is 0. The monoisotopic (exact) mass is 357 g/mol. The maximum Gasteiger partial charge on any atom is 0.238 e. The number of ether oxygens (including phenoxy) is 1. The fraction of sp³-hybridized carbons (Fsp3) is 0.350. The lowest BCUT2D eigenvalue weighted by Crippen LogP contribution is -2.30. The first-order chi connectivity index (χ1) is 12.6. The van der Waals surface area contributed by atoms with E-state index in [1.54, 1.807) is 0 Å². The fourth-order valence-corrected chi connectivity index (χ4v) is 2.94. The summed E-state index contributed by atoms with van der Waals surface area (Å²) in [6, 6.07) is 12.2. The van der Waals surface area contributed by atoms with Crippen LogP contribution in [-0.2, 0) is 11.2 Å². The van der Waals surface area contributed by atoms with Crippen molar-refractivity contribution in [3.63, 3.8) is 0 Å². The molecule has 2 aromatic rings. The molecule has 138 valence electrons. The van der Waals surface area contributed by atoms with Crippen molar-refractivity contribution < 1.29 is 13.9 Å². The van der Waals surface area contributed by atoms with Gasteiger partial charge in [-0.25, -0.2) is 4.39 Å². The molecule has 2 N–H and O–H groups in total. The van der Waals surface area contributed by atoms with Crippen LogP contribution in [0.3, 0.4) is 0 Å². The molecule has 0 spiro atoms. The van der Waals surface area contributed by atoms with Gasteiger partial charge in [0.15, 0.2) is 6.73 Å². The van der Waals surface area contributed by atoms with Crippen LogP contribution in [-0.4, -0.2) is 37.7 Å². The topological polar surface area (TPSA) is 53.6 Å². The highest BCUT2D eigenvalue weighted by Gasteiger charge is 2.13. The molecule has 0 aromatic heterocycles. The third-order valence-corrected chi connectivity index (χ3v) is 4.34. The predicted molar refractivity (Wildman–Crippen MR) is 101 cm³/mol. The van der Waals surface area contributed by atoms with Crippen LogP contribution in [0.25, 0.3) is 0 Å². The number of carbonyl (C=O) groups excluding carboxylic acids is 1. The SMILES string of the molecule is CN(CCCCc1ccc(F)cc1)CC(=O)Nc1ccc2c(c1)OCN2. The highest BCUT2D eigenvalue weighted by Crippen LogP contribution is 2.31. The highest BCUT2D eigenvalue weighted by molar-refractivity contribution is 5.92. The average Bonchev–Trinajstić information content (AvgIpc) is 3.08. The van der Waals surface area contributed by atoms with Gasteiger partial charge in [0.1, 0.15) is 11.6 Å². The Hall–Kier alpha value is -2.60. The van der Waals surface area contributed by atoms with Gasteiger partial charge in [-0.1, -0.05) is 12.1 Å². The normalized spacial score (nSPS) is 12.4. The smallest absolute Gasteiger partial charge is 0.238 e. The van der Waals surface area contributed by atoms with E-state index < -0.39 is 0 Å². The number of nitrogens with zero attached hydrogens (tertiary/aromatic N) is 1. The number of benzene rings is 2. The number of fused-ring (bicyclic) bond motifs is 1. The number of anilines is 2. The van der Waals surface area contributed by atoms with Gasteiger partial charge in [-0.15, -0.1) is 0 Å². The van der Waals surface area contributed by atoms with Gasteiger partial charge in [0.25, 0.3) is 0 Å². The second-order valence-corrected chi connectivity index (χ2v) is 6.55. The van der Waals surface area contributed by atoms with Crippen molar-refractivity contribution in [2.24, 2.45) is 0 Å². The zero-order valence-corrected chi connectivity index (χ0v) is 14.9. The number of aryl methyl sites for hydroxylation is 1. The average molecular weight is 357 g/mol. The molecule has 3 rings (SSSR count). The maximum atomic E-state index is 12.9. The van der Waals surface area contributed by atoms with Crippen molar-refractivity contribution >= 4 is 17.3 Å². The van der Waals surface area contributed by atoms with E-state index in [2.05, 4.69) is 10.6 Å². The van der Waals surface area contributed by atoms with Crippen molar-refractivity contribution in [1.82, 2.24) is 4.90 Å². The van der Waals surface area contributed by atoms with Gasteiger partial charge >= 0.3 is 0 Å². The second kappa shape index (κ2) is 8.67. The number of hydrogen-bond donors (Lipinski definition) is 2. The predicted octanol–water partition coefficient (Wildman–Crippen LogP) is 3.48. The van der Waals surface area contributed by atoms with Crippen LogP contribution in [0.1, 0.15) is 18.4 Å². The standard InChI is InChI=1S/C20H24FN3O2/c1-24(11-3-2-4-15-5-7-16(21)8-6-15)13-20(25)23-17-9-10-18-19(12-17)26-14-22-18/h5-10,12,22H,2-4,11,13-14H2,1H3,(H,23,25). The molecule has 0 fully saturated rings. The van der Waals surface area contributed by atoms with Crippen molar-refractivity contribution in [1.29, 1.82) is 0 Å². The lowest BCUT2D eigenvalue weighted by molar-refractivity contribution is -0.117. The van der Waals surface area contributed by atoms with E-state index in [9.17, 15) is 9.18 Å². The number of nitrogens with one attached hydrogen (secondary N) is 2. The number of halogens is 1. The van der Waals surface area contributed by atoms with E-state index in [4.69, 9.17) is 4.74 Å². The molecule has 0 atom stereocenters. The Morgan fingerprint density at radius 2 is 2.04 bits per heavy atom. The molecule has 1 heterocycles. The Morgan fingerprint density at radius 1 is 1.23 bits per heavy atom. The number of unbranched alkanes of at least 4 members (excludes halogenated alkanes) is 1. The van der Waals surface area contributed by atoms with Crippen molar-refractivity contribution in [3.05, 3.63) is 53.8 Å². The number of amides is 1. The van der Waals surface area contributed by atoms with Gasteiger partial charge in [-0.3, -0.25) is 9.69 Å².